The van der Waals surface area contributed by atoms with Gasteiger partial charge < -0.3 is 9.67 Å². The van der Waals surface area contributed by atoms with Gasteiger partial charge in [0.25, 0.3) is 0 Å². The van der Waals surface area contributed by atoms with Gasteiger partial charge in [-0.1, -0.05) is 42.5 Å². The average Bonchev–Trinajstić information content (AvgIpc) is 2.86. The fraction of sp³-hybridized carbons (Fsp3) is 0.136. The summed E-state index contributed by atoms with van der Waals surface area (Å²) in [6, 6.07) is 19.0. The Morgan fingerprint density at radius 3 is 2.58 bits per heavy atom. The lowest BCUT2D eigenvalue weighted by Gasteiger charge is -2.07. The summed E-state index contributed by atoms with van der Waals surface area (Å²) in [5, 5.41) is 12.3. The summed E-state index contributed by atoms with van der Waals surface area (Å²) in [7, 11) is 0. The minimum absolute atomic E-state index is 0.133. The molecule has 4 heteroatoms. The van der Waals surface area contributed by atoms with Gasteiger partial charge in [-0.15, -0.1) is 0 Å². The van der Waals surface area contributed by atoms with Gasteiger partial charge in [-0.3, -0.25) is 4.79 Å². The number of nitrogens with zero attached hydrogens (tertiary/aromatic N) is 1. The van der Waals surface area contributed by atoms with E-state index in [2.05, 4.69) is 30.3 Å². The van der Waals surface area contributed by atoms with E-state index >= 15 is 0 Å². The van der Waals surface area contributed by atoms with E-state index in [1.54, 1.807) is 10.6 Å². The minimum atomic E-state index is -0.911. The van der Waals surface area contributed by atoms with Crippen LogP contribution in [0, 0.1) is 12.7 Å². The molecule has 0 bridgehead atoms. The molecule has 0 aliphatic heterocycles. The zero-order valence-corrected chi connectivity index (χ0v) is 14.4. The lowest BCUT2D eigenvalue weighted by molar-refractivity contribution is -0.137. The van der Waals surface area contributed by atoms with Gasteiger partial charge in [-0.2, -0.15) is 0 Å². The Kier molecular flexibility index (Phi) is 3.96. The fourth-order valence-electron chi connectivity index (χ4n) is 3.64. The van der Waals surface area contributed by atoms with Crippen molar-refractivity contribution in [2.45, 2.75) is 19.9 Å². The lowest BCUT2D eigenvalue weighted by Crippen LogP contribution is -2.10. The van der Waals surface area contributed by atoms with Crippen LogP contribution in [0.5, 0.6) is 0 Å². The minimum Gasteiger partial charge on any atom is -0.480 e. The van der Waals surface area contributed by atoms with E-state index in [0.717, 1.165) is 33.1 Å². The van der Waals surface area contributed by atoms with Crippen LogP contribution in [0.3, 0.4) is 0 Å². The van der Waals surface area contributed by atoms with Gasteiger partial charge in [0.2, 0.25) is 0 Å². The topological polar surface area (TPSA) is 42.2 Å². The van der Waals surface area contributed by atoms with Crippen LogP contribution in [0.2, 0.25) is 0 Å². The van der Waals surface area contributed by atoms with Gasteiger partial charge >= 0.3 is 5.97 Å². The SMILES string of the molecule is Cc1c(Cc2ccc3ccccc3c2)c2cc(F)ccc2n1CC(=O)O. The molecule has 0 amide bonds. The average molecular weight is 347 g/mol. The van der Waals surface area contributed by atoms with Gasteiger partial charge in [0.05, 0.1) is 0 Å². The molecule has 0 saturated heterocycles. The first-order valence-electron chi connectivity index (χ1n) is 8.49. The second-order valence-electron chi connectivity index (χ2n) is 6.56. The van der Waals surface area contributed by atoms with E-state index in [1.807, 2.05) is 19.1 Å². The molecule has 0 fully saturated rings. The normalized spacial score (nSPS) is 11.3. The van der Waals surface area contributed by atoms with Crippen LogP contribution in [-0.4, -0.2) is 15.6 Å². The van der Waals surface area contributed by atoms with Crippen LogP contribution in [0.15, 0.2) is 60.7 Å². The van der Waals surface area contributed by atoms with Gasteiger partial charge in [0.15, 0.2) is 0 Å². The molecule has 26 heavy (non-hydrogen) atoms. The molecule has 1 N–H and O–H groups in total. The summed E-state index contributed by atoms with van der Waals surface area (Å²) >= 11 is 0. The van der Waals surface area contributed by atoms with Crippen LogP contribution < -0.4 is 0 Å². The molecule has 3 nitrogen and oxygen atoms in total. The number of carbonyl (C=O) groups is 1. The Bertz CT molecular complexity index is 1140. The molecule has 4 rings (SSSR count). The van der Waals surface area contributed by atoms with E-state index < -0.39 is 5.97 Å². The van der Waals surface area contributed by atoms with E-state index in [4.69, 9.17) is 0 Å². The highest BCUT2D eigenvalue weighted by molar-refractivity contribution is 5.88. The van der Waals surface area contributed by atoms with Crippen molar-refractivity contribution in [3.05, 3.63) is 83.3 Å². The lowest BCUT2D eigenvalue weighted by atomic mass is 9.99. The molecule has 0 radical (unpaired) electrons. The second-order valence-corrected chi connectivity index (χ2v) is 6.56. The zero-order chi connectivity index (χ0) is 18.3. The predicted molar refractivity (Wildman–Crippen MR) is 101 cm³/mol. The number of hydrogen-bond donors (Lipinski definition) is 1. The molecule has 0 spiro atoms. The highest BCUT2D eigenvalue weighted by Crippen LogP contribution is 2.29. The van der Waals surface area contributed by atoms with Crippen molar-refractivity contribution >= 4 is 27.6 Å². The highest BCUT2D eigenvalue weighted by Gasteiger charge is 2.17. The molecule has 0 saturated carbocycles. The first kappa shape index (κ1) is 16.3. The summed E-state index contributed by atoms with van der Waals surface area (Å²) in [6.45, 7) is 1.77. The molecule has 3 aromatic carbocycles. The van der Waals surface area contributed by atoms with E-state index in [0.29, 0.717) is 6.42 Å². The predicted octanol–water partition coefficient (Wildman–Crippen LogP) is 4.92. The number of carboxylic acids is 1. The molecule has 0 atom stereocenters. The monoisotopic (exact) mass is 347 g/mol. The number of aromatic nitrogens is 1. The fourth-order valence-corrected chi connectivity index (χ4v) is 3.64. The smallest absolute Gasteiger partial charge is 0.323 e. The number of halogens is 1. The van der Waals surface area contributed by atoms with Crippen LogP contribution in [-0.2, 0) is 17.8 Å². The Hall–Kier alpha value is -3.14. The molecule has 1 heterocycles. The first-order chi connectivity index (χ1) is 12.5. The van der Waals surface area contributed by atoms with E-state index in [1.165, 1.54) is 17.5 Å². The van der Waals surface area contributed by atoms with Crippen molar-refractivity contribution in [3.63, 3.8) is 0 Å². The maximum atomic E-state index is 13.8. The summed E-state index contributed by atoms with van der Waals surface area (Å²) < 4.78 is 15.6. The number of hydrogen-bond acceptors (Lipinski definition) is 1. The zero-order valence-electron chi connectivity index (χ0n) is 14.4. The van der Waals surface area contributed by atoms with Gasteiger partial charge in [0.1, 0.15) is 12.4 Å². The molecule has 0 aliphatic rings. The molecule has 0 aliphatic carbocycles. The highest BCUT2D eigenvalue weighted by atomic mass is 19.1. The molecular formula is C22H18FNO2. The van der Waals surface area contributed by atoms with Crippen LogP contribution in [0.4, 0.5) is 4.39 Å². The summed E-state index contributed by atoms with van der Waals surface area (Å²) in [5.41, 5.74) is 3.70. The van der Waals surface area contributed by atoms with Gasteiger partial charge in [0, 0.05) is 16.6 Å². The van der Waals surface area contributed by atoms with Crippen molar-refractivity contribution < 1.29 is 14.3 Å². The van der Waals surface area contributed by atoms with Gasteiger partial charge in [-0.25, -0.2) is 4.39 Å². The third-order valence-corrected chi connectivity index (χ3v) is 4.90. The first-order valence-corrected chi connectivity index (χ1v) is 8.49. The van der Waals surface area contributed by atoms with Crippen LogP contribution in [0.25, 0.3) is 21.7 Å². The van der Waals surface area contributed by atoms with Crippen LogP contribution in [0.1, 0.15) is 16.8 Å². The van der Waals surface area contributed by atoms with E-state index in [-0.39, 0.29) is 12.4 Å². The second kappa shape index (κ2) is 6.30. The van der Waals surface area contributed by atoms with Crippen molar-refractivity contribution in [1.29, 1.82) is 0 Å². The molecule has 4 aromatic rings. The Morgan fingerprint density at radius 1 is 1.04 bits per heavy atom. The number of carboxylic acid groups (broad SMARTS) is 1. The number of fused-ring (bicyclic) bond motifs is 2. The summed E-state index contributed by atoms with van der Waals surface area (Å²) in [6.07, 6.45) is 0.628. The third-order valence-electron chi connectivity index (χ3n) is 4.90. The maximum Gasteiger partial charge on any atom is 0.323 e. The maximum absolute atomic E-state index is 13.8. The molecular weight excluding hydrogens is 329 g/mol. The van der Waals surface area contributed by atoms with Crippen molar-refractivity contribution in [2.24, 2.45) is 0 Å². The molecule has 130 valence electrons. The summed E-state index contributed by atoms with van der Waals surface area (Å²) in [4.78, 5) is 11.3. The van der Waals surface area contributed by atoms with Crippen LogP contribution >= 0.6 is 0 Å². The Morgan fingerprint density at radius 2 is 1.81 bits per heavy atom. The van der Waals surface area contributed by atoms with Crippen molar-refractivity contribution in [1.82, 2.24) is 4.57 Å². The Balaban J connectivity index is 1.85. The molecule has 1 aromatic heterocycles. The standard InChI is InChI=1S/C22H18FNO2/c1-14-19(11-15-6-7-16-4-2-3-5-17(16)10-15)20-12-18(23)8-9-21(20)24(14)13-22(25)26/h2-10,12H,11,13H2,1H3,(H,25,26). The number of benzene rings is 3. The molecule has 0 unspecified atom stereocenters. The third kappa shape index (κ3) is 2.84. The number of rotatable bonds is 4. The largest absolute Gasteiger partial charge is 0.480 e. The summed E-state index contributed by atoms with van der Waals surface area (Å²) in [5.74, 6) is -1.23. The number of aliphatic carboxylic acids is 1. The van der Waals surface area contributed by atoms with E-state index in [9.17, 15) is 14.3 Å². The van der Waals surface area contributed by atoms with Gasteiger partial charge in [-0.05, 0) is 53.4 Å². The van der Waals surface area contributed by atoms with Crippen molar-refractivity contribution in [3.8, 4) is 0 Å². The quantitative estimate of drug-likeness (QED) is 0.569. The Labute approximate surface area is 150 Å². The van der Waals surface area contributed by atoms with Crippen molar-refractivity contribution in [2.75, 3.05) is 0 Å².